The minimum Gasteiger partial charge on any atom is -0.384 e. The maximum Gasteiger partial charge on any atom is 0.126 e. The summed E-state index contributed by atoms with van der Waals surface area (Å²) in [6.45, 7) is 1.88. The summed E-state index contributed by atoms with van der Waals surface area (Å²) in [5.74, 6) is 1.09. The molecule has 3 atom stereocenters. The van der Waals surface area contributed by atoms with E-state index < -0.39 is 5.41 Å². The first-order valence-electron chi connectivity index (χ1n) is 11.9. The van der Waals surface area contributed by atoms with Gasteiger partial charge in [0.25, 0.3) is 0 Å². The van der Waals surface area contributed by atoms with Gasteiger partial charge in [-0.3, -0.25) is 0 Å². The van der Waals surface area contributed by atoms with Gasteiger partial charge < -0.3 is 26.3 Å². The average molecular weight is 487 g/mol. The second-order valence-electron chi connectivity index (χ2n) is 8.93. The van der Waals surface area contributed by atoms with E-state index in [9.17, 15) is 5.26 Å². The van der Waals surface area contributed by atoms with Crippen LogP contribution in [0.3, 0.4) is 0 Å². The van der Waals surface area contributed by atoms with Crippen molar-refractivity contribution in [2.75, 3.05) is 37.9 Å². The number of pyridine rings is 2. The number of anilines is 2. The van der Waals surface area contributed by atoms with E-state index in [0.717, 1.165) is 44.3 Å². The molecule has 2 aliphatic rings. The SMILES string of the molecule is COC1CCCCC1N.N#CC1(CNc2cccc(-c3cc(N)ncc3Cl)n2)CCCOCC1. The Morgan fingerprint density at radius 1 is 1.26 bits per heavy atom. The Morgan fingerprint density at radius 2 is 2.09 bits per heavy atom. The van der Waals surface area contributed by atoms with Crippen molar-refractivity contribution >= 4 is 23.2 Å². The van der Waals surface area contributed by atoms with E-state index in [1.807, 2.05) is 18.2 Å². The predicted octanol–water partition coefficient (Wildman–Crippen LogP) is 4.40. The first kappa shape index (κ1) is 26.2. The van der Waals surface area contributed by atoms with Gasteiger partial charge in [0, 0.05) is 44.7 Å². The molecule has 34 heavy (non-hydrogen) atoms. The molecular weight excluding hydrogens is 452 g/mol. The molecule has 5 N–H and O–H groups in total. The monoisotopic (exact) mass is 486 g/mol. The molecule has 1 aliphatic heterocycles. The zero-order chi connectivity index (χ0) is 24.4. The number of nitrogens with one attached hydrogen (secondary N) is 1. The number of hydrogen-bond donors (Lipinski definition) is 3. The van der Waals surface area contributed by atoms with Crippen LogP contribution in [0.15, 0.2) is 30.5 Å². The van der Waals surface area contributed by atoms with Crippen LogP contribution in [-0.2, 0) is 9.47 Å². The van der Waals surface area contributed by atoms with Crippen molar-refractivity contribution in [1.82, 2.24) is 9.97 Å². The normalized spacial score (nSPS) is 24.8. The van der Waals surface area contributed by atoms with E-state index >= 15 is 0 Å². The molecule has 184 valence electrons. The van der Waals surface area contributed by atoms with Crippen LogP contribution in [0.2, 0.25) is 5.02 Å². The Kier molecular flexibility index (Phi) is 9.90. The fourth-order valence-corrected chi connectivity index (χ4v) is 4.55. The third kappa shape index (κ3) is 7.28. The van der Waals surface area contributed by atoms with E-state index in [0.29, 0.717) is 47.6 Å². The highest BCUT2D eigenvalue weighted by molar-refractivity contribution is 6.33. The molecule has 0 amide bonds. The maximum absolute atomic E-state index is 9.64. The number of nitrogen functional groups attached to an aromatic ring is 1. The van der Waals surface area contributed by atoms with Crippen LogP contribution in [-0.4, -0.2) is 49.0 Å². The molecule has 1 saturated carbocycles. The first-order valence-corrected chi connectivity index (χ1v) is 12.2. The number of halogens is 1. The fourth-order valence-electron chi connectivity index (χ4n) is 4.35. The van der Waals surface area contributed by atoms with Gasteiger partial charge in [0.2, 0.25) is 0 Å². The highest BCUT2D eigenvalue weighted by atomic mass is 35.5. The zero-order valence-corrected chi connectivity index (χ0v) is 20.6. The lowest BCUT2D eigenvalue weighted by atomic mass is 9.82. The summed E-state index contributed by atoms with van der Waals surface area (Å²) >= 11 is 6.21. The smallest absolute Gasteiger partial charge is 0.126 e. The van der Waals surface area contributed by atoms with Gasteiger partial charge in [-0.05, 0) is 50.3 Å². The number of methoxy groups -OCH3 is 1. The lowest BCUT2D eigenvalue weighted by Crippen LogP contribution is -2.38. The van der Waals surface area contributed by atoms with Crippen molar-refractivity contribution in [3.8, 4) is 17.3 Å². The number of hydrogen-bond acceptors (Lipinski definition) is 8. The quantitative estimate of drug-likeness (QED) is 0.566. The van der Waals surface area contributed by atoms with E-state index in [1.165, 1.54) is 19.0 Å². The number of nitrogens with two attached hydrogens (primary N) is 2. The Balaban J connectivity index is 0.000000302. The summed E-state index contributed by atoms with van der Waals surface area (Å²) in [6, 6.07) is 10.1. The first-order chi connectivity index (χ1) is 16.5. The van der Waals surface area contributed by atoms with E-state index in [-0.39, 0.29) is 0 Å². The third-order valence-electron chi connectivity index (χ3n) is 6.47. The van der Waals surface area contributed by atoms with Crippen molar-refractivity contribution in [1.29, 1.82) is 5.26 Å². The van der Waals surface area contributed by atoms with Crippen LogP contribution >= 0.6 is 11.6 Å². The minimum atomic E-state index is -0.424. The predicted molar refractivity (Wildman–Crippen MR) is 135 cm³/mol. The Bertz CT molecular complexity index is 959. The molecule has 9 heteroatoms. The molecule has 2 aromatic heterocycles. The largest absolute Gasteiger partial charge is 0.384 e. The van der Waals surface area contributed by atoms with Crippen molar-refractivity contribution in [3.05, 3.63) is 35.5 Å². The molecule has 1 aliphatic carbocycles. The number of rotatable bonds is 5. The van der Waals surface area contributed by atoms with Gasteiger partial charge >= 0.3 is 0 Å². The summed E-state index contributed by atoms with van der Waals surface area (Å²) in [5, 5.41) is 13.4. The van der Waals surface area contributed by atoms with E-state index in [2.05, 4.69) is 21.4 Å². The highest BCUT2D eigenvalue weighted by Gasteiger charge is 2.31. The Hall–Kier alpha value is -2.44. The van der Waals surface area contributed by atoms with Gasteiger partial charge in [-0.2, -0.15) is 5.26 Å². The molecule has 1 saturated heterocycles. The molecule has 3 unspecified atom stereocenters. The second kappa shape index (κ2) is 12.9. The van der Waals surface area contributed by atoms with Crippen LogP contribution in [0.1, 0.15) is 44.9 Å². The van der Waals surface area contributed by atoms with Gasteiger partial charge in [-0.15, -0.1) is 0 Å². The van der Waals surface area contributed by atoms with Crippen LogP contribution in [0, 0.1) is 16.7 Å². The van der Waals surface area contributed by atoms with Crippen molar-refractivity contribution < 1.29 is 9.47 Å². The molecule has 4 rings (SSSR count). The summed E-state index contributed by atoms with van der Waals surface area (Å²) < 4.78 is 10.7. The summed E-state index contributed by atoms with van der Waals surface area (Å²) in [4.78, 5) is 8.57. The Labute approximate surface area is 207 Å². The van der Waals surface area contributed by atoms with Crippen molar-refractivity contribution in [3.63, 3.8) is 0 Å². The number of nitrogens with zero attached hydrogens (tertiary/aromatic N) is 3. The topological polar surface area (TPSA) is 132 Å². The molecule has 0 bridgehead atoms. The molecule has 0 aromatic carbocycles. The zero-order valence-electron chi connectivity index (χ0n) is 19.8. The van der Waals surface area contributed by atoms with Crippen LogP contribution < -0.4 is 16.8 Å². The lowest BCUT2D eigenvalue weighted by molar-refractivity contribution is 0.0545. The van der Waals surface area contributed by atoms with E-state index in [1.54, 1.807) is 13.2 Å². The molecule has 2 fully saturated rings. The molecule has 0 spiro atoms. The number of ether oxygens (including phenoxy) is 2. The van der Waals surface area contributed by atoms with Gasteiger partial charge in [0.05, 0.1) is 28.3 Å². The number of nitriles is 1. The Morgan fingerprint density at radius 3 is 2.82 bits per heavy atom. The van der Waals surface area contributed by atoms with E-state index in [4.69, 9.17) is 32.5 Å². The lowest BCUT2D eigenvalue weighted by Gasteiger charge is -2.26. The highest BCUT2D eigenvalue weighted by Crippen LogP contribution is 2.31. The summed E-state index contributed by atoms with van der Waals surface area (Å²) in [5.41, 5.74) is 12.5. The van der Waals surface area contributed by atoms with Crippen LogP contribution in [0.5, 0.6) is 0 Å². The van der Waals surface area contributed by atoms with Gasteiger partial charge in [0.1, 0.15) is 11.6 Å². The van der Waals surface area contributed by atoms with Gasteiger partial charge in [-0.25, -0.2) is 9.97 Å². The molecule has 0 radical (unpaired) electrons. The van der Waals surface area contributed by atoms with Gasteiger partial charge in [0.15, 0.2) is 0 Å². The maximum atomic E-state index is 9.64. The standard InChI is InChI=1S/C18H20ClN5O.C7H15NO/c19-14-10-22-16(21)9-13(14)15-3-1-4-17(24-15)23-12-18(11-20)5-2-7-25-8-6-18;1-9-7-5-3-2-4-6(7)8/h1,3-4,9-10H,2,5-8,12H2,(H2,21,22)(H,23,24);6-7H,2-5,8H2,1H3. The van der Waals surface area contributed by atoms with Crippen molar-refractivity contribution in [2.24, 2.45) is 11.1 Å². The number of aromatic nitrogens is 2. The fraction of sp³-hybridized carbons (Fsp3) is 0.560. The molecule has 8 nitrogen and oxygen atoms in total. The molecular formula is C25H35ClN6O2. The molecule has 3 heterocycles. The van der Waals surface area contributed by atoms with Gasteiger partial charge in [-0.1, -0.05) is 30.5 Å². The minimum absolute atomic E-state index is 0.295. The molecule has 2 aromatic rings. The summed E-state index contributed by atoms with van der Waals surface area (Å²) in [6.07, 6.45) is 9.15. The summed E-state index contributed by atoms with van der Waals surface area (Å²) in [7, 11) is 1.75. The van der Waals surface area contributed by atoms with Crippen LogP contribution in [0.4, 0.5) is 11.6 Å². The van der Waals surface area contributed by atoms with Crippen LogP contribution in [0.25, 0.3) is 11.3 Å². The average Bonchev–Trinajstić information content (AvgIpc) is 3.11. The third-order valence-corrected chi connectivity index (χ3v) is 6.77. The second-order valence-corrected chi connectivity index (χ2v) is 9.34. The van der Waals surface area contributed by atoms with Crippen molar-refractivity contribution in [2.45, 2.75) is 57.1 Å².